The van der Waals surface area contributed by atoms with Crippen molar-refractivity contribution in [1.82, 2.24) is 9.80 Å². The predicted molar refractivity (Wildman–Crippen MR) is 93.3 cm³/mol. The number of nitrogens with zero attached hydrogens (tertiary/aromatic N) is 2. The van der Waals surface area contributed by atoms with Crippen LogP contribution in [0, 0.1) is 5.92 Å². The first kappa shape index (κ1) is 16.5. The number of methoxy groups -OCH3 is 3. The topological polar surface area (TPSA) is 51.2 Å². The van der Waals surface area contributed by atoms with Crippen LogP contribution in [0.3, 0.4) is 0 Å². The van der Waals surface area contributed by atoms with Crippen LogP contribution >= 0.6 is 0 Å². The first-order valence-corrected chi connectivity index (χ1v) is 8.89. The minimum absolute atomic E-state index is 0.140. The molecule has 4 rings (SSSR count). The van der Waals surface area contributed by atoms with Crippen molar-refractivity contribution in [1.29, 1.82) is 0 Å². The van der Waals surface area contributed by atoms with Gasteiger partial charge in [-0.3, -0.25) is 9.69 Å². The van der Waals surface area contributed by atoms with Crippen molar-refractivity contribution >= 4 is 5.91 Å². The predicted octanol–water partition coefficient (Wildman–Crippen LogP) is 2.08. The monoisotopic (exact) mass is 346 g/mol. The summed E-state index contributed by atoms with van der Waals surface area (Å²) in [5.74, 6) is 2.90. The molecular formula is C19H26N2O4. The summed E-state index contributed by atoms with van der Waals surface area (Å²) in [5, 5.41) is 0. The molecule has 136 valence electrons. The molecule has 1 aromatic carbocycles. The Kier molecular flexibility index (Phi) is 3.83. The van der Waals surface area contributed by atoms with Crippen LogP contribution in [0.2, 0.25) is 0 Å². The smallest absolute Gasteiger partial charge is 0.243 e. The van der Waals surface area contributed by atoms with Crippen LogP contribution in [0.5, 0.6) is 17.2 Å². The molecule has 0 bridgehead atoms. The number of ether oxygens (including phenoxy) is 3. The van der Waals surface area contributed by atoms with E-state index in [1.165, 1.54) is 0 Å². The standard InChI is InChI=1S/C19H26N2O4/c1-20-11-12-8-14(21-7-5-6-19(12,21)18(20)22)17-15(24-3)9-13(23-2)10-16(17)25-4/h9-10,12,14H,5-8,11H2,1-4H3/t12-,14-,19-/m0/s1. The highest BCUT2D eigenvalue weighted by atomic mass is 16.5. The molecule has 3 atom stereocenters. The van der Waals surface area contributed by atoms with Crippen molar-refractivity contribution in [3.63, 3.8) is 0 Å². The summed E-state index contributed by atoms with van der Waals surface area (Å²) in [5.41, 5.74) is 0.715. The van der Waals surface area contributed by atoms with Crippen LogP contribution < -0.4 is 14.2 Å². The second-order valence-corrected chi connectivity index (χ2v) is 7.30. The molecule has 3 heterocycles. The van der Waals surface area contributed by atoms with Crippen molar-refractivity contribution in [3.05, 3.63) is 17.7 Å². The molecule has 6 nitrogen and oxygen atoms in total. The van der Waals surface area contributed by atoms with E-state index in [1.807, 2.05) is 24.1 Å². The fraction of sp³-hybridized carbons (Fsp3) is 0.632. The number of carbonyl (C=O) groups is 1. The van der Waals surface area contributed by atoms with E-state index in [0.29, 0.717) is 11.7 Å². The van der Waals surface area contributed by atoms with Gasteiger partial charge in [-0.1, -0.05) is 0 Å². The molecule has 0 aliphatic carbocycles. The third-order valence-electron chi connectivity index (χ3n) is 6.33. The van der Waals surface area contributed by atoms with E-state index in [2.05, 4.69) is 4.90 Å². The first-order valence-electron chi connectivity index (χ1n) is 8.89. The van der Waals surface area contributed by atoms with Gasteiger partial charge < -0.3 is 19.1 Å². The lowest BCUT2D eigenvalue weighted by Crippen LogP contribution is -2.49. The molecule has 0 radical (unpaired) electrons. The zero-order chi connectivity index (χ0) is 17.8. The van der Waals surface area contributed by atoms with Gasteiger partial charge in [0.05, 0.1) is 26.9 Å². The van der Waals surface area contributed by atoms with Crippen molar-refractivity contribution in [3.8, 4) is 17.2 Å². The third-order valence-corrected chi connectivity index (χ3v) is 6.33. The highest BCUT2D eigenvalue weighted by molar-refractivity contribution is 5.90. The Bertz CT molecular complexity index is 682. The number of rotatable bonds is 4. The Morgan fingerprint density at radius 2 is 1.80 bits per heavy atom. The quantitative estimate of drug-likeness (QED) is 0.835. The molecule has 1 aromatic rings. The molecule has 3 aliphatic rings. The zero-order valence-corrected chi connectivity index (χ0v) is 15.4. The van der Waals surface area contributed by atoms with Gasteiger partial charge in [0.2, 0.25) is 5.91 Å². The molecule has 0 unspecified atom stereocenters. The van der Waals surface area contributed by atoms with E-state index >= 15 is 0 Å². The Labute approximate surface area is 148 Å². The van der Waals surface area contributed by atoms with Crippen molar-refractivity contribution in [2.45, 2.75) is 30.8 Å². The summed E-state index contributed by atoms with van der Waals surface area (Å²) in [4.78, 5) is 17.3. The van der Waals surface area contributed by atoms with Gasteiger partial charge in [0.25, 0.3) is 0 Å². The minimum Gasteiger partial charge on any atom is -0.496 e. The summed E-state index contributed by atoms with van der Waals surface area (Å²) in [6.45, 7) is 1.78. The molecular weight excluding hydrogens is 320 g/mol. The summed E-state index contributed by atoms with van der Waals surface area (Å²) < 4.78 is 16.7. The third kappa shape index (κ3) is 2.09. The fourth-order valence-electron chi connectivity index (χ4n) is 5.33. The second kappa shape index (κ2) is 5.80. The van der Waals surface area contributed by atoms with Gasteiger partial charge in [-0.25, -0.2) is 0 Å². The summed E-state index contributed by atoms with van der Waals surface area (Å²) in [7, 11) is 6.91. The van der Waals surface area contributed by atoms with E-state index < -0.39 is 0 Å². The zero-order valence-electron chi connectivity index (χ0n) is 15.4. The van der Waals surface area contributed by atoms with E-state index in [9.17, 15) is 4.79 Å². The number of benzene rings is 1. The maximum absolute atomic E-state index is 13.0. The summed E-state index contributed by atoms with van der Waals surface area (Å²) in [6, 6.07) is 3.95. The molecule has 0 N–H and O–H groups in total. The first-order chi connectivity index (χ1) is 12.1. The van der Waals surface area contributed by atoms with Gasteiger partial charge >= 0.3 is 0 Å². The van der Waals surface area contributed by atoms with Gasteiger partial charge in [-0.15, -0.1) is 0 Å². The lowest BCUT2D eigenvalue weighted by atomic mass is 9.85. The van der Waals surface area contributed by atoms with Gasteiger partial charge in [0, 0.05) is 37.7 Å². The van der Waals surface area contributed by atoms with Crippen molar-refractivity contribution in [2.75, 3.05) is 41.5 Å². The molecule has 3 aliphatic heterocycles. The van der Waals surface area contributed by atoms with Crippen molar-refractivity contribution in [2.24, 2.45) is 5.92 Å². The SMILES string of the molecule is COc1cc(OC)c([C@@H]2C[C@H]3CN(C)C(=O)[C@]34CCCN24)c(OC)c1. The van der Waals surface area contributed by atoms with E-state index in [1.54, 1.807) is 21.3 Å². The summed E-state index contributed by atoms with van der Waals surface area (Å²) in [6.07, 6.45) is 2.97. The van der Waals surface area contributed by atoms with Crippen LogP contribution in [0.4, 0.5) is 0 Å². The van der Waals surface area contributed by atoms with Gasteiger partial charge in [0.1, 0.15) is 22.8 Å². The molecule has 25 heavy (non-hydrogen) atoms. The molecule has 6 heteroatoms. The lowest BCUT2D eigenvalue weighted by Gasteiger charge is -2.34. The summed E-state index contributed by atoms with van der Waals surface area (Å²) >= 11 is 0. The number of amides is 1. The average molecular weight is 346 g/mol. The van der Waals surface area contributed by atoms with Crippen LogP contribution in [0.1, 0.15) is 30.9 Å². The number of carbonyl (C=O) groups excluding carboxylic acids is 1. The molecule has 0 aromatic heterocycles. The van der Waals surface area contributed by atoms with Gasteiger partial charge in [0.15, 0.2) is 0 Å². The second-order valence-electron chi connectivity index (χ2n) is 7.30. The van der Waals surface area contributed by atoms with Gasteiger partial charge in [-0.05, 0) is 25.8 Å². The molecule has 1 spiro atoms. The van der Waals surface area contributed by atoms with Crippen LogP contribution in [0.25, 0.3) is 0 Å². The molecule has 1 amide bonds. The van der Waals surface area contributed by atoms with E-state index in [0.717, 1.165) is 49.4 Å². The van der Waals surface area contributed by atoms with Crippen LogP contribution in [0.15, 0.2) is 12.1 Å². The Hall–Kier alpha value is -1.95. The minimum atomic E-state index is -0.324. The van der Waals surface area contributed by atoms with Crippen LogP contribution in [-0.2, 0) is 4.79 Å². The number of likely N-dealkylation sites (N-methyl/N-ethyl adjacent to an activating group) is 1. The maximum Gasteiger partial charge on any atom is 0.243 e. The van der Waals surface area contributed by atoms with E-state index in [-0.39, 0.29) is 17.5 Å². The van der Waals surface area contributed by atoms with Crippen LogP contribution in [-0.4, -0.2) is 62.7 Å². The average Bonchev–Trinajstić information content (AvgIpc) is 3.25. The highest BCUT2D eigenvalue weighted by Crippen LogP contribution is 2.58. The fourth-order valence-corrected chi connectivity index (χ4v) is 5.33. The van der Waals surface area contributed by atoms with Gasteiger partial charge in [-0.2, -0.15) is 0 Å². The van der Waals surface area contributed by atoms with Crippen molar-refractivity contribution < 1.29 is 19.0 Å². The molecule has 3 saturated heterocycles. The Morgan fingerprint density at radius 3 is 2.40 bits per heavy atom. The normalized spacial score (nSPS) is 31.2. The number of hydrogen-bond acceptors (Lipinski definition) is 5. The number of likely N-dealkylation sites (tertiary alicyclic amines) is 1. The lowest BCUT2D eigenvalue weighted by molar-refractivity contribution is -0.135. The molecule has 0 saturated carbocycles. The molecule has 3 fully saturated rings. The highest BCUT2D eigenvalue weighted by Gasteiger charge is 2.65. The Morgan fingerprint density at radius 1 is 1.12 bits per heavy atom. The Balaban J connectivity index is 1.81. The van der Waals surface area contributed by atoms with E-state index in [4.69, 9.17) is 14.2 Å². The largest absolute Gasteiger partial charge is 0.496 e. The number of hydrogen-bond donors (Lipinski definition) is 0. The maximum atomic E-state index is 13.0.